The second-order valence-corrected chi connectivity index (χ2v) is 11.0. The van der Waals surface area contributed by atoms with Crippen LogP contribution in [0.3, 0.4) is 0 Å². The van der Waals surface area contributed by atoms with Crippen molar-refractivity contribution >= 4 is 27.5 Å². The van der Waals surface area contributed by atoms with Crippen molar-refractivity contribution in [3.8, 4) is 0 Å². The third-order valence-corrected chi connectivity index (χ3v) is 8.12. The van der Waals surface area contributed by atoms with Crippen LogP contribution in [0.25, 0.3) is 0 Å². The number of hydrogen-bond donors (Lipinski definition) is 1. The standard InChI is InChI=1S/C27H29N3O4S/c1-20-14-15-21(2)24(16-20)30-25(31)18-29(35(33,34)23-12-8-5-9-13-23)19-27(30,3)26(32)28-17-22-10-6-4-7-11-22/h4-16H,17-19H2,1-3H3,(H,28,32). The molecule has 0 spiro atoms. The van der Waals surface area contributed by atoms with Crippen LogP contribution in [-0.2, 0) is 26.2 Å². The number of hydrogen-bond acceptors (Lipinski definition) is 4. The number of nitrogens with one attached hydrogen (secondary N) is 1. The number of nitrogens with zero attached hydrogens (tertiary/aromatic N) is 2. The molecular formula is C27H29N3O4S. The number of carbonyl (C=O) groups is 2. The van der Waals surface area contributed by atoms with Gasteiger partial charge in [0.2, 0.25) is 21.8 Å². The predicted molar refractivity (Wildman–Crippen MR) is 135 cm³/mol. The molecule has 8 heteroatoms. The van der Waals surface area contributed by atoms with Gasteiger partial charge in [-0.2, -0.15) is 4.31 Å². The first-order chi connectivity index (χ1) is 16.6. The highest BCUT2D eigenvalue weighted by molar-refractivity contribution is 7.89. The van der Waals surface area contributed by atoms with E-state index in [4.69, 9.17) is 0 Å². The molecule has 1 atom stereocenters. The number of amides is 2. The van der Waals surface area contributed by atoms with Crippen LogP contribution in [-0.4, -0.2) is 43.2 Å². The van der Waals surface area contributed by atoms with Gasteiger partial charge in [0, 0.05) is 18.8 Å². The highest BCUT2D eigenvalue weighted by Gasteiger charge is 2.51. The van der Waals surface area contributed by atoms with Gasteiger partial charge in [-0.15, -0.1) is 0 Å². The Morgan fingerprint density at radius 1 is 0.971 bits per heavy atom. The summed E-state index contributed by atoms with van der Waals surface area (Å²) < 4.78 is 27.9. The van der Waals surface area contributed by atoms with Crippen molar-refractivity contribution in [2.45, 2.75) is 37.8 Å². The van der Waals surface area contributed by atoms with Crippen LogP contribution in [0.2, 0.25) is 0 Å². The van der Waals surface area contributed by atoms with Gasteiger partial charge in [0.1, 0.15) is 5.54 Å². The third-order valence-electron chi connectivity index (χ3n) is 6.31. The molecular weight excluding hydrogens is 462 g/mol. The molecule has 1 N–H and O–H groups in total. The van der Waals surface area contributed by atoms with Crippen molar-refractivity contribution in [2.24, 2.45) is 0 Å². The molecule has 182 valence electrons. The van der Waals surface area contributed by atoms with E-state index >= 15 is 0 Å². The zero-order chi connectivity index (χ0) is 25.2. The first kappa shape index (κ1) is 24.6. The first-order valence-electron chi connectivity index (χ1n) is 11.4. The lowest BCUT2D eigenvalue weighted by molar-refractivity contribution is -0.133. The van der Waals surface area contributed by atoms with Gasteiger partial charge >= 0.3 is 0 Å². The summed E-state index contributed by atoms with van der Waals surface area (Å²) in [5, 5.41) is 2.92. The lowest BCUT2D eigenvalue weighted by Gasteiger charge is -2.47. The molecule has 3 aromatic carbocycles. The molecule has 35 heavy (non-hydrogen) atoms. The van der Waals surface area contributed by atoms with Crippen molar-refractivity contribution in [1.29, 1.82) is 0 Å². The fraction of sp³-hybridized carbons (Fsp3) is 0.259. The van der Waals surface area contributed by atoms with Crippen LogP contribution in [0.5, 0.6) is 0 Å². The van der Waals surface area contributed by atoms with E-state index in [1.807, 2.05) is 62.4 Å². The third kappa shape index (κ3) is 4.85. The molecule has 0 bridgehead atoms. The highest BCUT2D eigenvalue weighted by atomic mass is 32.2. The van der Waals surface area contributed by atoms with E-state index in [1.165, 1.54) is 17.0 Å². The molecule has 0 aliphatic carbocycles. The Hall–Kier alpha value is -3.49. The summed E-state index contributed by atoms with van der Waals surface area (Å²) in [6, 6.07) is 23.1. The van der Waals surface area contributed by atoms with Gasteiger partial charge in [-0.05, 0) is 55.7 Å². The Kier molecular flexibility index (Phi) is 6.78. The first-order valence-corrected chi connectivity index (χ1v) is 12.8. The zero-order valence-electron chi connectivity index (χ0n) is 20.1. The zero-order valence-corrected chi connectivity index (χ0v) is 20.9. The number of piperazine rings is 1. The summed E-state index contributed by atoms with van der Waals surface area (Å²) in [5.74, 6) is -0.884. The minimum Gasteiger partial charge on any atom is -0.350 e. The SMILES string of the molecule is Cc1ccc(C)c(N2C(=O)CN(S(=O)(=O)c3ccccc3)CC2(C)C(=O)NCc2ccccc2)c1. The van der Waals surface area contributed by atoms with Crippen LogP contribution >= 0.6 is 0 Å². The normalized spacial score (nSPS) is 18.9. The van der Waals surface area contributed by atoms with Crippen molar-refractivity contribution < 1.29 is 18.0 Å². The van der Waals surface area contributed by atoms with Crippen molar-refractivity contribution in [3.05, 3.63) is 95.6 Å². The molecule has 7 nitrogen and oxygen atoms in total. The van der Waals surface area contributed by atoms with E-state index < -0.39 is 27.4 Å². The minimum atomic E-state index is -3.98. The number of carbonyl (C=O) groups excluding carboxylic acids is 2. The number of rotatable bonds is 6. The number of anilines is 1. The molecule has 1 aliphatic rings. The van der Waals surface area contributed by atoms with Crippen LogP contribution in [0.15, 0.2) is 83.8 Å². The summed E-state index contributed by atoms with van der Waals surface area (Å²) in [6.45, 7) is 5.14. The summed E-state index contributed by atoms with van der Waals surface area (Å²) >= 11 is 0. The van der Waals surface area contributed by atoms with E-state index in [0.717, 1.165) is 21.0 Å². The van der Waals surface area contributed by atoms with Gasteiger partial charge in [0.15, 0.2) is 0 Å². The van der Waals surface area contributed by atoms with Crippen LogP contribution in [0.1, 0.15) is 23.6 Å². The fourth-order valence-electron chi connectivity index (χ4n) is 4.38. The van der Waals surface area contributed by atoms with Crippen LogP contribution in [0, 0.1) is 13.8 Å². The molecule has 1 aliphatic heterocycles. The maximum absolute atomic E-state index is 13.7. The average Bonchev–Trinajstić information content (AvgIpc) is 2.85. The van der Waals surface area contributed by atoms with Crippen molar-refractivity contribution in [3.63, 3.8) is 0 Å². The summed E-state index contributed by atoms with van der Waals surface area (Å²) in [4.78, 5) is 28.8. The molecule has 1 fully saturated rings. The Morgan fingerprint density at radius 2 is 1.60 bits per heavy atom. The van der Waals surface area contributed by atoms with E-state index in [-0.39, 0.29) is 24.5 Å². The van der Waals surface area contributed by atoms with Crippen LogP contribution < -0.4 is 10.2 Å². The van der Waals surface area contributed by atoms with Crippen molar-refractivity contribution in [1.82, 2.24) is 9.62 Å². The molecule has 3 aromatic rings. The van der Waals surface area contributed by atoms with Crippen molar-refractivity contribution in [2.75, 3.05) is 18.0 Å². The molecule has 0 aromatic heterocycles. The topological polar surface area (TPSA) is 86.8 Å². The van der Waals surface area contributed by atoms with E-state index in [9.17, 15) is 18.0 Å². The van der Waals surface area contributed by atoms with E-state index in [1.54, 1.807) is 25.1 Å². The molecule has 0 radical (unpaired) electrons. The molecule has 1 saturated heterocycles. The molecule has 2 amide bonds. The average molecular weight is 492 g/mol. The quantitative estimate of drug-likeness (QED) is 0.573. The van der Waals surface area contributed by atoms with Crippen LogP contribution in [0.4, 0.5) is 5.69 Å². The van der Waals surface area contributed by atoms with Gasteiger partial charge in [0.05, 0.1) is 11.4 Å². The number of benzene rings is 3. The van der Waals surface area contributed by atoms with E-state index in [2.05, 4.69) is 5.32 Å². The number of sulfonamides is 1. The van der Waals surface area contributed by atoms with E-state index in [0.29, 0.717) is 5.69 Å². The van der Waals surface area contributed by atoms with Gasteiger partial charge in [-0.1, -0.05) is 60.7 Å². The molecule has 0 saturated carbocycles. The Labute approximate surface area is 206 Å². The highest BCUT2D eigenvalue weighted by Crippen LogP contribution is 2.34. The Morgan fingerprint density at radius 3 is 2.26 bits per heavy atom. The monoisotopic (exact) mass is 491 g/mol. The number of aryl methyl sites for hydroxylation is 2. The lowest BCUT2D eigenvalue weighted by Crippen LogP contribution is -2.70. The molecule has 1 heterocycles. The van der Waals surface area contributed by atoms with Gasteiger partial charge in [-0.25, -0.2) is 8.42 Å². The van der Waals surface area contributed by atoms with Gasteiger partial charge in [0.25, 0.3) is 0 Å². The minimum absolute atomic E-state index is 0.0834. The summed E-state index contributed by atoms with van der Waals surface area (Å²) in [6.07, 6.45) is 0. The maximum Gasteiger partial charge on any atom is 0.247 e. The Bertz CT molecular complexity index is 1340. The predicted octanol–water partition coefficient (Wildman–Crippen LogP) is 3.42. The van der Waals surface area contributed by atoms with Gasteiger partial charge < -0.3 is 5.32 Å². The smallest absolute Gasteiger partial charge is 0.247 e. The summed E-state index contributed by atoms with van der Waals surface area (Å²) in [5.41, 5.74) is 1.79. The second kappa shape index (κ2) is 9.64. The maximum atomic E-state index is 13.7. The largest absolute Gasteiger partial charge is 0.350 e. The lowest BCUT2D eigenvalue weighted by atomic mass is 9.93. The fourth-order valence-corrected chi connectivity index (χ4v) is 5.88. The van der Waals surface area contributed by atoms with Gasteiger partial charge in [-0.3, -0.25) is 14.5 Å². The summed E-state index contributed by atoms with van der Waals surface area (Å²) in [7, 11) is -3.98. The molecule has 4 rings (SSSR count). The molecule has 1 unspecified atom stereocenters. The Balaban J connectivity index is 1.74. The second-order valence-electron chi connectivity index (χ2n) is 9.05.